The van der Waals surface area contributed by atoms with Crippen LogP contribution in [0, 0.1) is 6.92 Å². The number of hydrogen-bond acceptors (Lipinski definition) is 3. The predicted molar refractivity (Wildman–Crippen MR) is 99.8 cm³/mol. The van der Waals surface area contributed by atoms with E-state index in [9.17, 15) is 9.59 Å². The van der Waals surface area contributed by atoms with Crippen molar-refractivity contribution in [2.24, 2.45) is 0 Å². The Morgan fingerprint density at radius 2 is 1.85 bits per heavy atom. The van der Waals surface area contributed by atoms with Gasteiger partial charge in [0.15, 0.2) is 0 Å². The van der Waals surface area contributed by atoms with E-state index in [0.717, 1.165) is 42.8 Å². The summed E-state index contributed by atoms with van der Waals surface area (Å²) in [4.78, 5) is 27.0. The van der Waals surface area contributed by atoms with E-state index in [-0.39, 0.29) is 24.3 Å². The van der Waals surface area contributed by atoms with Crippen molar-refractivity contribution in [2.75, 3.05) is 19.6 Å². The van der Waals surface area contributed by atoms with Crippen LogP contribution < -0.4 is 5.32 Å². The molecule has 2 aromatic rings. The molecule has 1 aliphatic rings. The van der Waals surface area contributed by atoms with E-state index in [2.05, 4.69) is 5.32 Å². The number of rotatable bonds is 6. The molecule has 3 rings (SSSR count). The van der Waals surface area contributed by atoms with Gasteiger partial charge in [-0.05, 0) is 43.9 Å². The minimum atomic E-state index is -0.379. The average Bonchev–Trinajstić information content (AvgIpc) is 3.19. The molecule has 0 spiro atoms. The summed E-state index contributed by atoms with van der Waals surface area (Å²) in [7, 11) is 0. The van der Waals surface area contributed by atoms with Crippen molar-refractivity contribution in [2.45, 2.75) is 38.5 Å². The van der Waals surface area contributed by atoms with Crippen LogP contribution in [0.15, 0.2) is 47.1 Å². The molecular formula is C21H26N2O3. The van der Waals surface area contributed by atoms with Crippen molar-refractivity contribution in [3.63, 3.8) is 0 Å². The maximum Gasteiger partial charge on any atom is 0.241 e. The maximum atomic E-state index is 12.8. The number of nitrogens with one attached hydrogen (secondary N) is 1. The van der Waals surface area contributed by atoms with E-state index < -0.39 is 0 Å². The topological polar surface area (TPSA) is 62.6 Å². The van der Waals surface area contributed by atoms with Gasteiger partial charge in [0.1, 0.15) is 5.76 Å². The van der Waals surface area contributed by atoms with Crippen molar-refractivity contribution < 1.29 is 14.0 Å². The second-order valence-corrected chi connectivity index (χ2v) is 6.91. The third-order valence-electron chi connectivity index (χ3n) is 4.90. The fraction of sp³-hybridized carbons (Fsp3) is 0.429. The minimum Gasteiger partial charge on any atom is -0.469 e. The van der Waals surface area contributed by atoms with E-state index in [1.807, 2.05) is 48.2 Å². The van der Waals surface area contributed by atoms with E-state index in [1.54, 1.807) is 6.26 Å². The molecule has 0 aliphatic carbocycles. The van der Waals surface area contributed by atoms with Gasteiger partial charge in [0, 0.05) is 19.5 Å². The Bertz CT molecular complexity index is 716. The van der Waals surface area contributed by atoms with Crippen molar-refractivity contribution in [1.82, 2.24) is 10.2 Å². The van der Waals surface area contributed by atoms with Gasteiger partial charge < -0.3 is 14.6 Å². The third-order valence-corrected chi connectivity index (χ3v) is 4.90. The first-order chi connectivity index (χ1) is 12.6. The Labute approximate surface area is 154 Å². The minimum absolute atomic E-state index is 0.00120. The Hall–Kier alpha value is -2.56. The number of benzene rings is 1. The first-order valence-corrected chi connectivity index (χ1v) is 9.28. The Balaban J connectivity index is 1.66. The monoisotopic (exact) mass is 354 g/mol. The predicted octanol–water partition coefficient (Wildman–Crippen LogP) is 3.04. The molecule has 26 heavy (non-hydrogen) atoms. The van der Waals surface area contributed by atoms with Crippen molar-refractivity contribution in [3.8, 4) is 0 Å². The SMILES string of the molecule is Cc1ccc(C(Cc2ccco2)C(=O)NCC(=O)N2CCCCC2)cc1. The summed E-state index contributed by atoms with van der Waals surface area (Å²) in [6.45, 7) is 3.66. The lowest BCUT2D eigenvalue weighted by atomic mass is 9.93. The van der Waals surface area contributed by atoms with E-state index in [4.69, 9.17) is 4.42 Å². The van der Waals surface area contributed by atoms with Crippen LogP contribution in [0.3, 0.4) is 0 Å². The molecule has 1 aliphatic heterocycles. The number of furan rings is 1. The first kappa shape index (κ1) is 18.2. The summed E-state index contributed by atoms with van der Waals surface area (Å²) in [6, 6.07) is 11.6. The molecule has 5 nitrogen and oxygen atoms in total. The molecule has 5 heteroatoms. The first-order valence-electron chi connectivity index (χ1n) is 9.28. The van der Waals surface area contributed by atoms with Gasteiger partial charge in [-0.2, -0.15) is 0 Å². The van der Waals surface area contributed by atoms with Gasteiger partial charge in [-0.1, -0.05) is 29.8 Å². The number of amides is 2. The molecule has 0 saturated carbocycles. The second-order valence-electron chi connectivity index (χ2n) is 6.91. The molecule has 2 heterocycles. The van der Waals surface area contributed by atoms with Crippen molar-refractivity contribution in [1.29, 1.82) is 0 Å². The van der Waals surface area contributed by atoms with Crippen LogP contribution in [0.5, 0.6) is 0 Å². The lowest BCUT2D eigenvalue weighted by molar-refractivity contribution is -0.133. The van der Waals surface area contributed by atoms with Crippen molar-refractivity contribution >= 4 is 11.8 Å². The van der Waals surface area contributed by atoms with Crippen LogP contribution in [0.1, 0.15) is 42.1 Å². The Morgan fingerprint density at radius 1 is 1.12 bits per heavy atom. The summed E-state index contributed by atoms with van der Waals surface area (Å²) in [5.41, 5.74) is 2.07. The van der Waals surface area contributed by atoms with Crippen LogP contribution >= 0.6 is 0 Å². The van der Waals surface area contributed by atoms with Crippen LogP contribution in [-0.2, 0) is 16.0 Å². The van der Waals surface area contributed by atoms with Crippen LogP contribution in [-0.4, -0.2) is 36.3 Å². The number of piperidine rings is 1. The van der Waals surface area contributed by atoms with Crippen LogP contribution in [0.25, 0.3) is 0 Å². The van der Waals surface area contributed by atoms with E-state index >= 15 is 0 Å². The highest BCUT2D eigenvalue weighted by Gasteiger charge is 2.24. The molecule has 2 amide bonds. The average molecular weight is 354 g/mol. The quantitative estimate of drug-likeness (QED) is 0.867. The Kier molecular flexibility index (Phi) is 6.10. The number of aryl methyl sites for hydroxylation is 1. The summed E-state index contributed by atoms with van der Waals surface area (Å²) < 4.78 is 5.42. The Morgan fingerprint density at radius 3 is 2.50 bits per heavy atom. The molecule has 1 fully saturated rings. The van der Waals surface area contributed by atoms with Gasteiger partial charge in [-0.3, -0.25) is 9.59 Å². The summed E-state index contributed by atoms with van der Waals surface area (Å²) in [6.07, 6.45) is 5.35. The fourth-order valence-corrected chi connectivity index (χ4v) is 3.33. The highest BCUT2D eigenvalue weighted by Crippen LogP contribution is 2.22. The number of hydrogen-bond donors (Lipinski definition) is 1. The zero-order chi connectivity index (χ0) is 18.4. The lowest BCUT2D eigenvalue weighted by Crippen LogP contribution is -2.43. The van der Waals surface area contributed by atoms with Gasteiger partial charge in [-0.15, -0.1) is 0 Å². The zero-order valence-electron chi connectivity index (χ0n) is 15.2. The molecule has 1 aromatic heterocycles. The second kappa shape index (κ2) is 8.70. The van der Waals surface area contributed by atoms with Gasteiger partial charge in [0.05, 0.1) is 18.7 Å². The van der Waals surface area contributed by atoms with Crippen LogP contribution in [0.2, 0.25) is 0 Å². The summed E-state index contributed by atoms with van der Waals surface area (Å²) >= 11 is 0. The van der Waals surface area contributed by atoms with Crippen LogP contribution in [0.4, 0.5) is 0 Å². The highest BCUT2D eigenvalue weighted by atomic mass is 16.3. The largest absolute Gasteiger partial charge is 0.469 e. The van der Waals surface area contributed by atoms with Gasteiger partial charge in [-0.25, -0.2) is 0 Å². The number of nitrogens with zero attached hydrogens (tertiary/aromatic N) is 1. The molecule has 0 radical (unpaired) electrons. The molecule has 1 unspecified atom stereocenters. The molecule has 1 N–H and O–H groups in total. The van der Waals surface area contributed by atoms with Gasteiger partial charge >= 0.3 is 0 Å². The van der Waals surface area contributed by atoms with E-state index in [0.29, 0.717) is 6.42 Å². The summed E-state index contributed by atoms with van der Waals surface area (Å²) in [5, 5.41) is 2.83. The normalized spacial score (nSPS) is 15.5. The molecule has 1 atom stereocenters. The standard InChI is InChI=1S/C21H26N2O3/c1-16-7-9-17(10-8-16)19(14-18-6-5-13-26-18)21(25)22-15-20(24)23-11-3-2-4-12-23/h5-10,13,19H,2-4,11-12,14-15H2,1H3,(H,22,25). The maximum absolute atomic E-state index is 12.8. The van der Waals surface area contributed by atoms with Gasteiger partial charge in [0.2, 0.25) is 11.8 Å². The third kappa shape index (κ3) is 4.75. The molecule has 1 aromatic carbocycles. The van der Waals surface area contributed by atoms with E-state index in [1.165, 1.54) is 6.42 Å². The lowest BCUT2D eigenvalue weighted by Gasteiger charge is -2.27. The van der Waals surface area contributed by atoms with Gasteiger partial charge in [0.25, 0.3) is 0 Å². The zero-order valence-corrected chi connectivity index (χ0v) is 15.2. The number of likely N-dealkylation sites (tertiary alicyclic amines) is 1. The smallest absolute Gasteiger partial charge is 0.241 e. The molecular weight excluding hydrogens is 328 g/mol. The molecule has 138 valence electrons. The number of carbonyl (C=O) groups is 2. The van der Waals surface area contributed by atoms with Crippen molar-refractivity contribution in [3.05, 3.63) is 59.5 Å². The highest BCUT2D eigenvalue weighted by molar-refractivity contribution is 5.88. The number of carbonyl (C=O) groups excluding carboxylic acids is 2. The summed E-state index contributed by atoms with van der Waals surface area (Å²) in [5.74, 6) is 0.235. The fourth-order valence-electron chi connectivity index (χ4n) is 3.33. The molecule has 1 saturated heterocycles. The molecule has 0 bridgehead atoms.